The highest BCUT2D eigenvalue weighted by Crippen LogP contribution is 2.45. The van der Waals surface area contributed by atoms with Crippen molar-refractivity contribution in [3.63, 3.8) is 0 Å². The van der Waals surface area contributed by atoms with E-state index in [-0.39, 0.29) is 18.5 Å². The van der Waals surface area contributed by atoms with Gasteiger partial charge in [-0.15, -0.1) is 0 Å². The van der Waals surface area contributed by atoms with E-state index in [1.165, 1.54) is 0 Å². The van der Waals surface area contributed by atoms with E-state index in [0.29, 0.717) is 23.0 Å². The van der Waals surface area contributed by atoms with Gasteiger partial charge in [0, 0.05) is 19.1 Å². The fraction of sp³-hybridized carbons (Fsp3) is 1.00. The largest absolute Gasteiger partial charge is 0.293 e. The fourth-order valence-corrected chi connectivity index (χ4v) is 6.67. The van der Waals surface area contributed by atoms with E-state index in [4.69, 9.17) is 0 Å². The molecule has 0 aliphatic heterocycles. The summed E-state index contributed by atoms with van der Waals surface area (Å²) in [5, 5.41) is 0. The monoisotopic (exact) mass is 427 g/mol. The van der Waals surface area contributed by atoms with E-state index in [1.54, 1.807) is 0 Å². The smallest absolute Gasteiger partial charge is 0.201 e. The van der Waals surface area contributed by atoms with E-state index >= 15 is 0 Å². The van der Waals surface area contributed by atoms with E-state index in [0.717, 1.165) is 12.8 Å². The summed E-state index contributed by atoms with van der Waals surface area (Å²) in [6, 6.07) is -0.712. The highest BCUT2D eigenvalue weighted by atomic mass is 32.3. The van der Waals surface area contributed by atoms with Gasteiger partial charge >= 0.3 is 0 Å². The summed E-state index contributed by atoms with van der Waals surface area (Å²) in [4.78, 5) is 0. The lowest BCUT2D eigenvalue weighted by molar-refractivity contribution is 0.0612. The Hall–Kier alpha value is -0.220. The maximum absolute atomic E-state index is 13.1. The number of hydrogen-bond acceptors (Lipinski definition) is 4. The van der Waals surface area contributed by atoms with Gasteiger partial charge in [0.1, 0.15) is 0 Å². The van der Waals surface area contributed by atoms with Crippen molar-refractivity contribution < 1.29 is 16.8 Å². The molecule has 0 amide bonds. The first-order chi connectivity index (χ1) is 12.2. The molecule has 1 atom stereocenters. The Labute approximate surface area is 168 Å². The summed E-state index contributed by atoms with van der Waals surface area (Å²) in [5.74, 6) is 0. The highest BCUT2D eigenvalue weighted by Gasteiger charge is 2.50. The molecule has 0 saturated carbocycles. The van der Waals surface area contributed by atoms with Crippen LogP contribution in [0.2, 0.25) is 0 Å². The molecule has 0 aliphatic rings. The molecule has 0 rings (SSSR count). The van der Waals surface area contributed by atoms with Crippen LogP contribution >= 0.6 is 0 Å². The van der Waals surface area contributed by atoms with Crippen LogP contribution in [0.3, 0.4) is 0 Å². The Morgan fingerprint density at radius 3 is 1.41 bits per heavy atom. The molecule has 0 aromatic rings. The minimum Gasteiger partial charge on any atom is -0.201 e. The second kappa shape index (κ2) is 10.5. The third-order valence-electron chi connectivity index (χ3n) is 5.51. The summed E-state index contributed by atoms with van der Waals surface area (Å²) in [6.07, 6.45) is 3.31. The van der Waals surface area contributed by atoms with Crippen molar-refractivity contribution in [2.45, 2.75) is 93.5 Å². The maximum Gasteiger partial charge on any atom is 0.293 e. The van der Waals surface area contributed by atoms with Crippen LogP contribution in [0, 0.1) is 10.8 Å². The molecule has 1 unspecified atom stereocenters. The lowest BCUT2D eigenvalue weighted by Crippen LogP contribution is -2.60. The molecule has 0 spiro atoms. The minimum atomic E-state index is -4.21. The van der Waals surface area contributed by atoms with Crippen molar-refractivity contribution in [1.82, 2.24) is 13.2 Å². The molecule has 0 aromatic carbocycles. The van der Waals surface area contributed by atoms with E-state index in [1.807, 2.05) is 55.4 Å². The normalized spacial score (nSPS) is 15.3. The molecule has 0 radical (unpaired) electrons. The predicted molar refractivity (Wildman–Crippen MR) is 113 cm³/mol. The van der Waals surface area contributed by atoms with Crippen molar-refractivity contribution in [3.8, 4) is 0 Å². The SMILES string of the molecule is CCCCNS(=O)(=O)N(C(CC)C(C)(C)C(C)(C)C)S(=O)(=O)NCCCC. The van der Waals surface area contributed by atoms with Gasteiger partial charge in [0.2, 0.25) is 0 Å². The molecule has 0 aromatic heterocycles. The third-order valence-corrected chi connectivity index (χ3v) is 9.28. The second-order valence-corrected chi connectivity index (χ2v) is 12.1. The number of hydrogen-bond donors (Lipinski definition) is 2. The van der Waals surface area contributed by atoms with Gasteiger partial charge in [-0.05, 0) is 30.1 Å². The van der Waals surface area contributed by atoms with Gasteiger partial charge in [-0.1, -0.05) is 71.9 Å². The molecule has 2 N–H and O–H groups in total. The molecule has 164 valence electrons. The summed E-state index contributed by atoms with van der Waals surface area (Å²) >= 11 is 0. The summed E-state index contributed by atoms with van der Waals surface area (Å²) in [6.45, 7) is 16.0. The number of nitrogens with zero attached hydrogens (tertiary/aromatic N) is 1. The van der Waals surface area contributed by atoms with Crippen LogP contribution in [-0.2, 0) is 20.4 Å². The van der Waals surface area contributed by atoms with Gasteiger partial charge in [-0.25, -0.2) is 9.44 Å². The molecular formula is C18H41N3O4S2. The van der Waals surface area contributed by atoms with Crippen LogP contribution in [-0.4, -0.2) is 39.7 Å². The first-order valence-corrected chi connectivity index (χ1v) is 12.9. The van der Waals surface area contributed by atoms with Gasteiger partial charge in [0.25, 0.3) is 20.4 Å². The minimum absolute atomic E-state index is 0.214. The average molecular weight is 428 g/mol. The van der Waals surface area contributed by atoms with Crippen LogP contribution in [0.5, 0.6) is 0 Å². The van der Waals surface area contributed by atoms with Crippen molar-refractivity contribution >= 4 is 20.4 Å². The van der Waals surface area contributed by atoms with Crippen LogP contribution in [0.15, 0.2) is 0 Å². The topological polar surface area (TPSA) is 95.6 Å². The molecule has 27 heavy (non-hydrogen) atoms. The molecular weight excluding hydrogens is 386 g/mol. The Kier molecular flexibility index (Phi) is 10.4. The Balaban J connectivity index is 6.18. The Morgan fingerprint density at radius 2 is 1.15 bits per heavy atom. The lowest BCUT2D eigenvalue weighted by Gasteiger charge is -2.47. The van der Waals surface area contributed by atoms with Gasteiger partial charge in [-0.3, -0.25) is 0 Å². The first kappa shape index (κ1) is 26.8. The zero-order valence-electron chi connectivity index (χ0n) is 18.4. The Bertz CT molecular complexity index is 598. The third kappa shape index (κ3) is 7.27. The summed E-state index contributed by atoms with van der Waals surface area (Å²) in [7, 11) is -8.42. The predicted octanol–water partition coefficient (Wildman–Crippen LogP) is 3.41. The Morgan fingerprint density at radius 1 is 0.778 bits per heavy atom. The quantitative estimate of drug-likeness (QED) is 0.440. The molecule has 0 aliphatic carbocycles. The highest BCUT2D eigenvalue weighted by molar-refractivity contribution is 8.02. The van der Waals surface area contributed by atoms with E-state index < -0.39 is 31.9 Å². The second-order valence-electron chi connectivity index (χ2n) is 8.63. The van der Waals surface area contributed by atoms with Crippen LogP contribution in [0.25, 0.3) is 0 Å². The molecule has 0 bridgehead atoms. The van der Waals surface area contributed by atoms with Gasteiger partial charge in [0.15, 0.2) is 0 Å². The number of unbranched alkanes of at least 4 members (excludes halogenated alkanes) is 2. The van der Waals surface area contributed by atoms with Gasteiger partial charge in [-0.2, -0.15) is 16.8 Å². The van der Waals surface area contributed by atoms with E-state index in [2.05, 4.69) is 9.44 Å². The molecule has 0 saturated heterocycles. The van der Waals surface area contributed by atoms with E-state index in [9.17, 15) is 16.8 Å². The van der Waals surface area contributed by atoms with Crippen molar-refractivity contribution in [2.75, 3.05) is 13.1 Å². The molecule has 0 heterocycles. The summed E-state index contributed by atoms with van der Waals surface area (Å²) < 4.78 is 57.9. The molecule has 0 fully saturated rings. The van der Waals surface area contributed by atoms with Crippen LogP contribution in [0.4, 0.5) is 0 Å². The van der Waals surface area contributed by atoms with Crippen molar-refractivity contribution in [1.29, 1.82) is 0 Å². The number of rotatable bonds is 13. The van der Waals surface area contributed by atoms with Crippen molar-refractivity contribution in [2.24, 2.45) is 10.8 Å². The fourth-order valence-electron chi connectivity index (χ4n) is 2.77. The first-order valence-electron chi connectivity index (χ1n) is 9.97. The molecule has 7 nitrogen and oxygen atoms in total. The van der Waals surface area contributed by atoms with Crippen LogP contribution in [0.1, 0.15) is 87.5 Å². The zero-order valence-corrected chi connectivity index (χ0v) is 20.1. The lowest BCUT2D eigenvalue weighted by atomic mass is 9.64. The number of nitrogens with one attached hydrogen (secondary N) is 2. The maximum atomic E-state index is 13.1. The standard InChI is InChI=1S/C18H41N3O4S2/c1-9-12-14-19-26(22,23)21(27(24,25)20-15-13-10-2)16(11-3)18(7,8)17(4,5)6/h16,19-20H,9-15H2,1-8H3. The summed E-state index contributed by atoms with van der Waals surface area (Å²) in [5.41, 5.74) is -0.884. The van der Waals surface area contributed by atoms with Gasteiger partial charge < -0.3 is 0 Å². The average Bonchev–Trinajstić information content (AvgIpc) is 2.50. The molecule has 9 heteroatoms. The van der Waals surface area contributed by atoms with Crippen molar-refractivity contribution in [3.05, 3.63) is 0 Å². The zero-order chi connectivity index (χ0) is 21.5. The van der Waals surface area contributed by atoms with Gasteiger partial charge in [0.05, 0.1) is 0 Å². The van der Waals surface area contributed by atoms with Crippen LogP contribution < -0.4 is 9.44 Å².